The van der Waals surface area contributed by atoms with Crippen LogP contribution < -0.4 is 10.8 Å². The van der Waals surface area contributed by atoms with E-state index in [4.69, 9.17) is 5.11 Å². The Kier molecular flexibility index (Phi) is 7.35. The van der Waals surface area contributed by atoms with Crippen LogP contribution in [-0.4, -0.2) is 30.3 Å². The summed E-state index contributed by atoms with van der Waals surface area (Å²) in [6, 6.07) is -0.514. The average molecular weight is 218 g/mol. The molecule has 0 unspecified atom stereocenters. The summed E-state index contributed by atoms with van der Waals surface area (Å²) in [5, 5.41) is 10.7. The van der Waals surface area contributed by atoms with Crippen molar-refractivity contribution in [3.05, 3.63) is 0 Å². The van der Waals surface area contributed by atoms with E-state index in [1.54, 1.807) is 0 Å². The van der Waals surface area contributed by atoms with Crippen LogP contribution in [0.2, 0.25) is 0 Å². The lowest BCUT2D eigenvalue weighted by Gasteiger charge is -2.07. The second-order valence-electron chi connectivity index (χ2n) is 3.58. The Morgan fingerprint density at radius 3 is 2.60 bits per heavy atom. The number of aliphatic carboxylic acids is 1. The third-order valence-electron chi connectivity index (χ3n) is 1.60. The Bertz CT molecular complexity index is 206. The lowest BCUT2D eigenvalue weighted by atomic mass is 10.1. The number of carboxylic acid groups (broad SMARTS) is 1. The third kappa shape index (κ3) is 10.6. The summed E-state index contributed by atoms with van der Waals surface area (Å²) in [6.45, 7) is 4.23. The molecule has 88 valence electrons. The summed E-state index contributed by atoms with van der Waals surface area (Å²) in [7, 11) is 0. The minimum absolute atomic E-state index is 0.514. The van der Waals surface area contributed by atoms with Crippen LogP contribution in [-0.2, 0) is 9.63 Å². The number of hydrogen-bond donors (Lipinski definition) is 3. The minimum atomic E-state index is -1.13. The van der Waals surface area contributed by atoms with Crippen molar-refractivity contribution in [1.82, 2.24) is 10.8 Å². The molecule has 0 heterocycles. The van der Waals surface area contributed by atoms with Gasteiger partial charge in [0.2, 0.25) is 0 Å². The molecule has 0 radical (unpaired) electrons. The van der Waals surface area contributed by atoms with Crippen LogP contribution in [0.3, 0.4) is 0 Å². The number of carbonyl (C=O) groups excluding carboxylic acids is 1. The largest absolute Gasteiger partial charge is 0.479 e. The monoisotopic (exact) mass is 218 g/mol. The van der Waals surface area contributed by atoms with E-state index in [-0.39, 0.29) is 0 Å². The summed E-state index contributed by atoms with van der Waals surface area (Å²) >= 11 is 0. The van der Waals surface area contributed by atoms with Crippen molar-refractivity contribution >= 4 is 12.0 Å². The molecule has 0 saturated heterocycles. The van der Waals surface area contributed by atoms with Gasteiger partial charge in [-0.25, -0.2) is 15.1 Å². The molecule has 0 bridgehead atoms. The first-order chi connectivity index (χ1) is 7.02. The molecule has 0 rings (SSSR count). The van der Waals surface area contributed by atoms with Crippen LogP contribution in [0.15, 0.2) is 0 Å². The number of amides is 2. The van der Waals surface area contributed by atoms with Gasteiger partial charge in [-0.15, -0.1) is 0 Å². The normalized spacial score (nSPS) is 10.1. The molecule has 0 atom stereocenters. The molecule has 0 aliphatic carbocycles. The zero-order valence-corrected chi connectivity index (χ0v) is 9.08. The molecule has 0 aromatic carbocycles. The van der Waals surface area contributed by atoms with Gasteiger partial charge in [0.15, 0.2) is 6.61 Å². The molecule has 6 nitrogen and oxygen atoms in total. The van der Waals surface area contributed by atoms with Gasteiger partial charge in [0.25, 0.3) is 0 Å². The fraction of sp³-hybridized carbons (Fsp3) is 0.778. The first-order valence-electron chi connectivity index (χ1n) is 4.89. The predicted octanol–water partition coefficient (Wildman–Crippen LogP) is 0.738. The number of nitrogens with one attached hydrogen (secondary N) is 2. The van der Waals surface area contributed by atoms with E-state index in [0.717, 1.165) is 12.8 Å². The van der Waals surface area contributed by atoms with Gasteiger partial charge >= 0.3 is 12.0 Å². The predicted molar refractivity (Wildman–Crippen MR) is 54.2 cm³/mol. The van der Waals surface area contributed by atoms with E-state index >= 15 is 0 Å². The second-order valence-corrected chi connectivity index (χ2v) is 3.58. The van der Waals surface area contributed by atoms with Gasteiger partial charge < -0.3 is 10.4 Å². The molecular weight excluding hydrogens is 200 g/mol. The number of urea groups is 1. The summed E-state index contributed by atoms with van der Waals surface area (Å²) in [5.74, 6) is -0.520. The van der Waals surface area contributed by atoms with Crippen molar-refractivity contribution in [3.63, 3.8) is 0 Å². The van der Waals surface area contributed by atoms with Crippen molar-refractivity contribution in [1.29, 1.82) is 0 Å². The standard InChI is InChI=1S/C9H18N2O4/c1-7(2)4-3-5-10-9(14)11-15-6-8(12)13/h7H,3-6H2,1-2H3,(H,12,13)(H2,10,11,14). The van der Waals surface area contributed by atoms with Gasteiger partial charge in [0.1, 0.15) is 0 Å². The van der Waals surface area contributed by atoms with Gasteiger partial charge in [-0.1, -0.05) is 13.8 Å². The zero-order valence-electron chi connectivity index (χ0n) is 9.08. The number of hydrogen-bond acceptors (Lipinski definition) is 3. The van der Waals surface area contributed by atoms with Crippen LogP contribution in [0.25, 0.3) is 0 Å². The smallest absolute Gasteiger partial charge is 0.338 e. The van der Waals surface area contributed by atoms with E-state index < -0.39 is 18.6 Å². The molecule has 0 fully saturated rings. The van der Waals surface area contributed by atoms with Crippen LogP contribution in [0, 0.1) is 5.92 Å². The van der Waals surface area contributed by atoms with E-state index in [2.05, 4.69) is 24.0 Å². The van der Waals surface area contributed by atoms with Gasteiger partial charge in [-0.2, -0.15) is 0 Å². The Balaban J connectivity index is 3.30. The Labute approximate surface area is 88.9 Å². The highest BCUT2D eigenvalue weighted by Crippen LogP contribution is 2.01. The molecule has 2 amide bonds. The molecule has 0 aromatic heterocycles. The topological polar surface area (TPSA) is 87.7 Å². The maximum absolute atomic E-state index is 10.9. The highest BCUT2D eigenvalue weighted by Gasteiger charge is 2.01. The summed E-state index contributed by atoms with van der Waals surface area (Å²) in [4.78, 5) is 25.3. The zero-order chi connectivity index (χ0) is 11.7. The van der Waals surface area contributed by atoms with Crippen molar-refractivity contribution in [2.45, 2.75) is 26.7 Å². The molecular formula is C9H18N2O4. The second kappa shape index (κ2) is 8.05. The number of hydroxylamine groups is 1. The highest BCUT2D eigenvalue weighted by molar-refractivity contribution is 5.73. The number of carbonyl (C=O) groups is 2. The Hall–Kier alpha value is -1.30. The molecule has 3 N–H and O–H groups in total. The van der Waals surface area contributed by atoms with Crippen LogP contribution in [0.5, 0.6) is 0 Å². The fourth-order valence-corrected chi connectivity index (χ4v) is 0.912. The van der Waals surface area contributed by atoms with Crippen LogP contribution >= 0.6 is 0 Å². The van der Waals surface area contributed by atoms with Gasteiger partial charge in [-0.3, -0.25) is 4.84 Å². The van der Waals surface area contributed by atoms with Gasteiger partial charge in [-0.05, 0) is 18.8 Å². The average Bonchev–Trinajstić information content (AvgIpc) is 2.11. The summed E-state index contributed by atoms with van der Waals surface area (Å²) < 4.78 is 0. The van der Waals surface area contributed by atoms with E-state index in [1.807, 2.05) is 5.48 Å². The lowest BCUT2D eigenvalue weighted by Crippen LogP contribution is -2.37. The first kappa shape index (κ1) is 13.7. The molecule has 0 spiro atoms. The summed E-state index contributed by atoms with van der Waals surface area (Å²) in [5.41, 5.74) is 1.97. The van der Waals surface area contributed by atoms with Gasteiger partial charge in [0, 0.05) is 6.54 Å². The summed E-state index contributed by atoms with van der Waals surface area (Å²) in [6.07, 6.45) is 1.93. The molecule has 15 heavy (non-hydrogen) atoms. The quantitative estimate of drug-likeness (QED) is 0.434. The van der Waals surface area contributed by atoms with Crippen molar-refractivity contribution < 1.29 is 19.5 Å². The van der Waals surface area contributed by atoms with Crippen molar-refractivity contribution in [3.8, 4) is 0 Å². The van der Waals surface area contributed by atoms with Crippen molar-refractivity contribution in [2.24, 2.45) is 5.92 Å². The lowest BCUT2D eigenvalue weighted by molar-refractivity contribution is -0.144. The molecule has 0 saturated carbocycles. The SMILES string of the molecule is CC(C)CCCNC(=O)NOCC(=O)O. The van der Waals surface area contributed by atoms with Crippen LogP contribution in [0.1, 0.15) is 26.7 Å². The Morgan fingerprint density at radius 2 is 2.07 bits per heavy atom. The van der Waals surface area contributed by atoms with E-state index in [9.17, 15) is 9.59 Å². The van der Waals surface area contributed by atoms with E-state index in [0.29, 0.717) is 12.5 Å². The molecule has 0 aromatic rings. The molecule has 0 aliphatic rings. The maximum atomic E-state index is 10.9. The fourth-order valence-electron chi connectivity index (χ4n) is 0.912. The van der Waals surface area contributed by atoms with E-state index in [1.165, 1.54) is 0 Å². The Morgan fingerprint density at radius 1 is 1.40 bits per heavy atom. The number of rotatable bonds is 7. The third-order valence-corrected chi connectivity index (χ3v) is 1.60. The first-order valence-corrected chi connectivity index (χ1v) is 4.89. The van der Waals surface area contributed by atoms with Gasteiger partial charge in [0.05, 0.1) is 0 Å². The number of carboxylic acids is 1. The maximum Gasteiger partial charge on any atom is 0.338 e. The van der Waals surface area contributed by atoms with Crippen LogP contribution in [0.4, 0.5) is 4.79 Å². The highest BCUT2D eigenvalue weighted by atomic mass is 16.7. The minimum Gasteiger partial charge on any atom is -0.479 e. The molecule has 6 heteroatoms. The molecule has 0 aliphatic heterocycles. The van der Waals surface area contributed by atoms with Crippen molar-refractivity contribution in [2.75, 3.05) is 13.2 Å².